The summed E-state index contributed by atoms with van der Waals surface area (Å²) in [5.74, 6) is 0. The van der Waals surface area contributed by atoms with Gasteiger partial charge >= 0.3 is 135 Å². The predicted octanol–water partition coefficient (Wildman–Crippen LogP) is 3.02. The second-order valence-electron chi connectivity index (χ2n) is 6.30. The molecule has 0 nitrogen and oxygen atoms in total. The molecule has 22 heavy (non-hydrogen) atoms. The monoisotopic (exact) mass is 346 g/mol. The Morgan fingerprint density at radius 3 is 1.91 bits per heavy atom. The zero-order chi connectivity index (χ0) is 15.0. The van der Waals surface area contributed by atoms with Crippen LogP contribution in [-0.4, -0.2) is 13.3 Å². The third kappa shape index (κ3) is 2.05. The molecular formula is C21H20Ge. The molecule has 108 valence electrons. The first-order valence-corrected chi connectivity index (χ1v) is 12.6. The Balaban J connectivity index is 2.01. The van der Waals surface area contributed by atoms with Crippen molar-refractivity contribution < 1.29 is 0 Å². The molecule has 0 unspecified atom stereocenters. The molecule has 0 aliphatic carbocycles. The summed E-state index contributed by atoms with van der Waals surface area (Å²) in [6, 6.07) is 29.7. The van der Waals surface area contributed by atoms with Crippen molar-refractivity contribution in [3.05, 3.63) is 90.0 Å². The predicted molar refractivity (Wildman–Crippen MR) is 97.2 cm³/mol. The van der Waals surface area contributed by atoms with E-state index in [-0.39, 0.29) is 0 Å². The van der Waals surface area contributed by atoms with Crippen LogP contribution in [0.4, 0.5) is 0 Å². The van der Waals surface area contributed by atoms with Crippen molar-refractivity contribution in [2.75, 3.05) is 0 Å². The average Bonchev–Trinajstić information content (AvgIpc) is 2.96. The van der Waals surface area contributed by atoms with E-state index in [2.05, 4.69) is 85.8 Å². The van der Waals surface area contributed by atoms with Crippen LogP contribution in [0.3, 0.4) is 0 Å². The summed E-state index contributed by atoms with van der Waals surface area (Å²) in [6.45, 7) is 2.21. The first kappa shape index (κ1) is 13.8. The molecule has 1 aliphatic heterocycles. The molecule has 0 N–H and O–H groups in total. The van der Waals surface area contributed by atoms with Crippen LogP contribution in [0.1, 0.15) is 11.1 Å². The molecule has 0 saturated carbocycles. The third-order valence-electron chi connectivity index (χ3n) is 5.02. The van der Waals surface area contributed by atoms with E-state index >= 15 is 0 Å². The number of benzene rings is 3. The van der Waals surface area contributed by atoms with Crippen LogP contribution in [-0.2, 0) is 6.42 Å². The third-order valence-corrected chi connectivity index (χ3v) is 15.6. The van der Waals surface area contributed by atoms with Crippen LogP contribution in [0.25, 0.3) is 0 Å². The molecule has 0 bridgehead atoms. The molecular weight excluding hydrogens is 325 g/mol. The molecule has 0 aromatic heterocycles. The summed E-state index contributed by atoms with van der Waals surface area (Å²) in [5, 5.41) is 1.34. The van der Waals surface area contributed by atoms with Gasteiger partial charge in [0, 0.05) is 0 Å². The number of fused-ring (bicyclic) bond motifs is 1. The van der Waals surface area contributed by atoms with Crippen molar-refractivity contribution in [3.8, 4) is 0 Å². The van der Waals surface area contributed by atoms with Gasteiger partial charge in [-0.3, -0.25) is 0 Å². The van der Waals surface area contributed by atoms with Gasteiger partial charge in [0.1, 0.15) is 0 Å². The van der Waals surface area contributed by atoms with Gasteiger partial charge in [-0.25, -0.2) is 0 Å². The molecule has 0 radical (unpaired) electrons. The van der Waals surface area contributed by atoms with E-state index in [1.807, 2.05) is 0 Å². The van der Waals surface area contributed by atoms with Gasteiger partial charge in [-0.15, -0.1) is 0 Å². The average molecular weight is 345 g/mol. The van der Waals surface area contributed by atoms with E-state index in [0.717, 1.165) is 0 Å². The maximum absolute atomic E-state index is 2.47. The fourth-order valence-corrected chi connectivity index (χ4v) is 14.7. The van der Waals surface area contributed by atoms with Gasteiger partial charge in [-0.2, -0.15) is 0 Å². The van der Waals surface area contributed by atoms with Crippen LogP contribution in [0.15, 0.2) is 78.9 Å². The zero-order valence-electron chi connectivity index (χ0n) is 12.9. The Morgan fingerprint density at radius 1 is 0.727 bits per heavy atom. The van der Waals surface area contributed by atoms with Crippen molar-refractivity contribution in [1.82, 2.24) is 0 Å². The van der Waals surface area contributed by atoms with Gasteiger partial charge in [0.25, 0.3) is 0 Å². The van der Waals surface area contributed by atoms with Crippen LogP contribution in [0, 0.1) is 6.92 Å². The topological polar surface area (TPSA) is 0 Å². The van der Waals surface area contributed by atoms with E-state index in [0.29, 0.717) is 0 Å². The summed E-state index contributed by atoms with van der Waals surface area (Å²) in [7, 11) is 0. The normalized spacial score (nSPS) is 15.5. The van der Waals surface area contributed by atoms with Crippen molar-refractivity contribution in [2.45, 2.75) is 18.6 Å². The van der Waals surface area contributed by atoms with Crippen molar-refractivity contribution in [1.29, 1.82) is 0 Å². The van der Waals surface area contributed by atoms with Gasteiger partial charge in [0.15, 0.2) is 0 Å². The van der Waals surface area contributed by atoms with Crippen LogP contribution >= 0.6 is 0 Å². The van der Waals surface area contributed by atoms with Crippen LogP contribution in [0.5, 0.6) is 0 Å². The molecule has 3 aromatic carbocycles. The van der Waals surface area contributed by atoms with Crippen LogP contribution < -0.4 is 13.2 Å². The molecule has 3 aromatic rings. The maximum atomic E-state index is 2.43. The molecule has 0 spiro atoms. The Bertz CT molecular complexity index is 751. The molecule has 0 fully saturated rings. The van der Waals surface area contributed by atoms with Crippen molar-refractivity contribution in [3.63, 3.8) is 0 Å². The van der Waals surface area contributed by atoms with E-state index in [9.17, 15) is 0 Å². The minimum absolute atomic E-state index is 1.24. The number of aryl methyl sites for hydroxylation is 2. The summed E-state index contributed by atoms with van der Waals surface area (Å²) >= 11 is -2.47. The first-order chi connectivity index (χ1) is 10.8. The quantitative estimate of drug-likeness (QED) is 0.627. The van der Waals surface area contributed by atoms with Gasteiger partial charge in [-0.1, -0.05) is 0 Å². The molecule has 0 amide bonds. The minimum atomic E-state index is -2.47. The fraction of sp³-hybridized carbons (Fsp3) is 0.143. The Morgan fingerprint density at radius 2 is 1.32 bits per heavy atom. The molecule has 0 atom stereocenters. The van der Waals surface area contributed by atoms with E-state index in [1.165, 1.54) is 17.2 Å². The summed E-state index contributed by atoms with van der Waals surface area (Å²) in [4.78, 5) is 0. The molecule has 1 heterocycles. The second-order valence-corrected chi connectivity index (χ2v) is 14.7. The number of rotatable bonds is 2. The summed E-state index contributed by atoms with van der Waals surface area (Å²) in [5.41, 5.74) is 2.98. The van der Waals surface area contributed by atoms with Crippen LogP contribution in [0.2, 0.25) is 5.25 Å². The number of hydrogen-bond acceptors (Lipinski definition) is 0. The molecule has 0 saturated heterocycles. The van der Waals surface area contributed by atoms with E-state index < -0.39 is 13.3 Å². The van der Waals surface area contributed by atoms with Crippen molar-refractivity contribution in [2.24, 2.45) is 0 Å². The van der Waals surface area contributed by atoms with Crippen molar-refractivity contribution >= 4 is 26.5 Å². The number of hydrogen-bond donors (Lipinski definition) is 0. The Kier molecular flexibility index (Phi) is 3.42. The summed E-state index contributed by atoms with van der Waals surface area (Å²) in [6.07, 6.45) is 1.24. The zero-order valence-corrected chi connectivity index (χ0v) is 15.0. The van der Waals surface area contributed by atoms with Gasteiger partial charge in [0.2, 0.25) is 0 Å². The first-order valence-electron chi connectivity index (χ1n) is 8.02. The van der Waals surface area contributed by atoms with E-state index in [1.54, 1.807) is 18.8 Å². The Hall–Kier alpha value is -1.80. The van der Waals surface area contributed by atoms with Gasteiger partial charge in [0.05, 0.1) is 0 Å². The Labute approximate surface area is 135 Å². The summed E-state index contributed by atoms with van der Waals surface area (Å²) < 4.78 is 4.86. The standard InChI is InChI=1S/C21H20Ge/c1-17-12-13-21-18(16-17)14-15-22(21,19-8-4-2-5-9-19)20-10-6-3-7-11-20/h2-13,16H,14-15H2,1H3. The second kappa shape index (κ2) is 5.44. The fourth-order valence-electron chi connectivity index (χ4n) is 4.01. The molecule has 1 heteroatoms. The molecule has 1 aliphatic rings. The van der Waals surface area contributed by atoms with Gasteiger partial charge < -0.3 is 0 Å². The SMILES string of the molecule is Cc1cc[c]2c(c1)C[CH2][Ge]2([c]1ccccc1)[c]1ccccc1. The van der Waals surface area contributed by atoms with Gasteiger partial charge in [-0.05, 0) is 0 Å². The molecule has 4 rings (SSSR count). The van der Waals surface area contributed by atoms with E-state index in [4.69, 9.17) is 0 Å².